The van der Waals surface area contributed by atoms with Gasteiger partial charge in [0.1, 0.15) is 5.76 Å². The molecule has 1 N–H and O–H groups in total. The van der Waals surface area contributed by atoms with Crippen LogP contribution in [-0.4, -0.2) is 30.4 Å². The molecular weight excluding hydrogens is 324 g/mol. The first-order valence-corrected chi connectivity index (χ1v) is 8.60. The maximum absolute atomic E-state index is 12.1. The fourth-order valence-electron chi connectivity index (χ4n) is 2.98. The number of nitrogens with zero attached hydrogens (tertiary/aromatic N) is 1. The lowest BCUT2D eigenvalue weighted by molar-refractivity contribution is -0.116. The molecule has 4 nitrogen and oxygen atoms in total. The fourth-order valence-corrected chi connectivity index (χ4v) is 3.17. The lowest BCUT2D eigenvalue weighted by Gasteiger charge is -2.25. The van der Waals surface area contributed by atoms with Crippen LogP contribution in [0.15, 0.2) is 53.2 Å². The minimum Gasteiger partial charge on any atom is -0.468 e. The minimum absolute atomic E-state index is 0.0835. The van der Waals surface area contributed by atoms with Gasteiger partial charge in [-0.15, -0.1) is 0 Å². The quantitative estimate of drug-likeness (QED) is 0.808. The number of carbonyl (C=O) groups excluding carboxylic acids is 1. The van der Waals surface area contributed by atoms with Crippen LogP contribution in [0.25, 0.3) is 6.08 Å². The van der Waals surface area contributed by atoms with E-state index in [9.17, 15) is 4.79 Å². The molecule has 0 bridgehead atoms. The zero-order valence-corrected chi connectivity index (χ0v) is 14.2. The Labute approximate surface area is 147 Å². The van der Waals surface area contributed by atoms with E-state index in [1.54, 1.807) is 18.4 Å². The summed E-state index contributed by atoms with van der Waals surface area (Å²) in [5.74, 6) is 0.762. The summed E-state index contributed by atoms with van der Waals surface area (Å²) in [6, 6.07) is 11.4. The molecule has 0 spiro atoms. The molecule has 1 aromatic carbocycles. The molecule has 24 heavy (non-hydrogen) atoms. The van der Waals surface area contributed by atoms with Gasteiger partial charge >= 0.3 is 0 Å². The van der Waals surface area contributed by atoms with Gasteiger partial charge in [0.15, 0.2) is 0 Å². The molecule has 0 saturated carbocycles. The number of hydrogen-bond donors (Lipinski definition) is 1. The summed E-state index contributed by atoms with van der Waals surface area (Å²) in [6.07, 6.45) is 7.31. The van der Waals surface area contributed by atoms with Crippen molar-refractivity contribution in [3.8, 4) is 0 Å². The Balaban J connectivity index is 1.60. The first kappa shape index (κ1) is 16.8. The number of likely N-dealkylation sites (tertiary alicyclic amines) is 1. The minimum atomic E-state index is -0.134. The topological polar surface area (TPSA) is 45.5 Å². The smallest absolute Gasteiger partial charge is 0.244 e. The predicted octanol–water partition coefficient (Wildman–Crippen LogP) is 3.90. The zero-order valence-electron chi connectivity index (χ0n) is 13.5. The maximum Gasteiger partial charge on any atom is 0.244 e. The van der Waals surface area contributed by atoms with Gasteiger partial charge in [0.25, 0.3) is 0 Å². The predicted molar refractivity (Wildman–Crippen MR) is 95.8 cm³/mol. The van der Waals surface area contributed by atoms with E-state index in [2.05, 4.69) is 10.2 Å². The highest BCUT2D eigenvalue weighted by Gasteiger charge is 2.25. The van der Waals surface area contributed by atoms with Gasteiger partial charge in [0.2, 0.25) is 5.91 Å². The van der Waals surface area contributed by atoms with Crippen LogP contribution >= 0.6 is 11.6 Å². The second-order valence-corrected chi connectivity index (χ2v) is 6.28. The van der Waals surface area contributed by atoms with Gasteiger partial charge in [0.05, 0.1) is 12.3 Å². The molecule has 1 aromatic heterocycles. The average Bonchev–Trinajstić information content (AvgIpc) is 3.28. The van der Waals surface area contributed by atoms with Crippen LogP contribution in [0.2, 0.25) is 5.02 Å². The second kappa shape index (κ2) is 8.18. The highest BCUT2D eigenvalue weighted by molar-refractivity contribution is 6.32. The number of rotatable bonds is 6. The van der Waals surface area contributed by atoms with Crippen LogP contribution in [0.4, 0.5) is 0 Å². The summed E-state index contributed by atoms with van der Waals surface area (Å²) in [4.78, 5) is 14.5. The monoisotopic (exact) mass is 344 g/mol. The number of nitrogens with one attached hydrogen (secondary N) is 1. The largest absolute Gasteiger partial charge is 0.468 e. The first-order valence-electron chi connectivity index (χ1n) is 8.22. The zero-order chi connectivity index (χ0) is 16.8. The van der Waals surface area contributed by atoms with E-state index in [-0.39, 0.29) is 11.9 Å². The SMILES string of the molecule is O=C(/C=C/c1ccccc1Cl)NCC(c1ccco1)N1CCCC1. The highest BCUT2D eigenvalue weighted by atomic mass is 35.5. The summed E-state index contributed by atoms with van der Waals surface area (Å²) in [7, 11) is 0. The van der Waals surface area contributed by atoms with E-state index < -0.39 is 0 Å². The van der Waals surface area contributed by atoms with Crippen LogP contribution in [0, 0.1) is 0 Å². The molecule has 5 heteroatoms. The van der Waals surface area contributed by atoms with Crippen molar-refractivity contribution in [2.75, 3.05) is 19.6 Å². The molecule has 1 atom stereocenters. The Morgan fingerprint density at radius 3 is 2.75 bits per heavy atom. The van der Waals surface area contributed by atoms with E-state index in [1.807, 2.05) is 30.3 Å². The molecule has 0 radical (unpaired) electrons. The fraction of sp³-hybridized carbons (Fsp3) is 0.316. The van der Waals surface area contributed by atoms with Crippen molar-refractivity contribution in [2.24, 2.45) is 0 Å². The van der Waals surface area contributed by atoms with E-state index in [4.69, 9.17) is 16.0 Å². The van der Waals surface area contributed by atoms with E-state index >= 15 is 0 Å². The molecular formula is C19H21ClN2O2. The number of halogens is 1. The van der Waals surface area contributed by atoms with Gasteiger partial charge in [0, 0.05) is 17.6 Å². The number of carbonyl (C=O) groups is 1. The van der Waals surface area contributed by atoms with Crippen LogP contribution in [-0.2, 0) is 4.79 Å². The van der Waals surface area contributed by atoms with Crippen LogP contribution in [0.3, 0.4) is 0 Å². The van der Waals surface area contributed by atoms with Crippen LogP contribution < -0.4 is 5.32 Å². The molecule has 1 saturated heterocycles. The normalized spacial score (nSPS) is 16.5. The molecule has 1 fully saturated rings. The van der Waals surface area contributed by atoms with Crippen molar-refractivity contribution in [1.29, 1.82) is 0 Å². The summed E-state index contributed by atoms with van der Waals surface area (Å²) < 4.78 is 5.56. The Kier molecular flexibility index (Phi) is 5.72. The molecule has 2 heterocycles. The second-order valence-electron chi connectivity index (χ2n) is 5.87. The maximum atomic E-state index is 12.1. The molecule has 1 unspecified atom stereocenters. The van der Waals surface area contributed by atoms with Gasteiger partial charge in [-0.05, 0) is 55.8 Å². The van der Waals surface area contributed by atoms with Gasteiger partial charge < -0.3 is 9.73 Å². The number of benzene rings is 1. The third-order valence-electron chi connectivity index (χ3n) is 4.24. The van der Waals surface area contributed by atoms with Gasteiger partial charge in [-0.25, -0.2) is 0 Å². The lowest BCUT2D eigenvalue weighted by atomic mass is 10.2. The van der Waals surface area contributed by atoms with Crippen molar-refractivity contribution in [1.82, 2.24) is 10.2 Å². The number of furan rings is 1. The standard InChI is InChI=1S/C19H21ClN2O2/c20-16-7-2-1-6-15(16)9-10-19(23)21-14-17(18-8-5-13-24-18)22-11-3-4-12-22/h1-2,5-10,13,17H,3-4,11-12,14H2,(H,21,23)/b10-9+. The third kappa shape index (κ3) is 4.28. The first-order chi connectivity index (χ1) is 11.7. The van der Waals surface area contributed by atoms with Gasteiger partial charge in [-0.3, -0.25) is 9.69 Å². The Morgan fingerprint density at radius 1 is 1.25 bits per heavy atom. The van der Waals surface area contributed by atoms with Crippen LogP contribution in [0.5, 0.6) is 0 Å². The summed E-state index contributed by atoms with van der Waals surface area (Å²) in [5.41, 5.74) is 0.830. The molecule has 126 valence electrons. The summed E-state index contributed by atoms with van der Waals surface area (Å²) >= 11 is 6.09. The number of hydrogen-bond acceptors (Lipinski definition) is 3. The van der Waals surface area contributed by atoms with E-state index in [1.165, 1.54) is 18.9 Å². The Morgan fingerprint density at radius 2 is 2.04 bits per heavy atom. The number of amides is 1. The molecule has 0 aliphatic carbocycles. The highest BCUT2D eigenvalue weighted by Crippen LogP contribution is 2.24. The molecule has 1 aliphatic rings. The van der Waals surface area contributed by atoms with Crippen molar-refractivity contribution >= 4 is 23.6 Å². The Hall–Kier alpha value is -2.04. The molecule has 1 aliphatic heterocycles. The average molecular weight is 345 g/mol. The van der Waals surface area contributed by atoms with Crippen molar-refractivity contribution in [2.45, 2.75) is 18.9 Å². The van der Waals surface area contributed by atoms with Crippen molar-refractivity contribution in [3.05, 3.63) is 65.1 Å². The Bertz CT molecular complexity index is 691. The van der Waals surface area contributed by atoms with Crippen molar-refractivity contribution < 1.29 is 9.21 Å². The molecule has 2 aromatic rings. The van der Waals surface area contributed by atoms with Crippen molar-refractivity contribution in [3.63, 3.8) is 0 Å². The molecule has 3 rings (SSSR count). The van der Waals surface area contributed by atoms with E-state index in [0.717, 1.165) is 24.4 Å². The van der Waals surface area contributed by atoms with Crippen LogP contribution in [0.1, 0.15) is 30.2 Å². The summed E-state index contributed by atoms with van der Waals surface area (Å²) in [6.45, 7) is 2.60. The third-order valence-corrected chi connectivity index (χ3v) is 4.59. The lowest BCUT2D eigenvalue weighted by Crippen LogP contribution is -2.36. The molecule has 1 amide bonds. The summed E-state index contributed by atoms with van der Waals surface area (Å²) in [5, 5.41) is 3.60. The van der Waals surface area contributed by atoms with Gasteiger partial charge in [-0.1, -0.05) is 29.8 Å². The van der Waals surface area contributed by atoms with E-state index in [0.29, 0.717) is 11.6 Å². The van der Waals surface area contributed by atoms with Gasteiger partial charge in [-0.2, -0.15) is 0 Å².